The van der Waals surface area contributed by atoms with Crippen LogP contribution < -0.4 is 0 Å². The van der Waals surface area contributed by atoms with Crippen molar-refractivity contribution in [3.05, 3.63) is 45.0 Å². The number of hydrogen-bond acceptors (Lipinski definition) is 3. The van der Waals surface area contributed by atoms with Crippen LogP contribution in [0.5, 0.6) is 0 Å². The first-order valence-corrected chi connectivity index (χ1v) is 6.28. The number of halogens is 1. The van der Waals surface area contributed by atoms with Gasteiger partial charge in [0.15, 0.2) is 5.78 Å². The Morgan fingerprint density at radius 2 is 2.33 bits per heavy atom. The molecule has 0 saturated carbocycles. The first-order valence-electron chi connectivity index (χ1n) is 4.54. The van der Waals surface area contributed by atoms with Gasteiger partial charge in [0.25, 0.3) is 0 Å². The lowest BCUT2D eigenvalue weighted by molar-refractivity contribution is 0.0980. The summed E-state index contributed by atoms with van der Waals surface area (Å²) < 4.78 is 6.06. The van der Waals surface area contributed by atoms with Gasteiger partial charge in [0.2, 0.25) is 0 Å². The van der Waals surface area contributed by atoms with Crippen LogP contribution >= 0.6 is 27.3 Å². The molecule has 2 aromatic rings. The fraction of sp³-hybridized carbons (Fsp3) is 0.182. The summed E-state index contributed by atoms with van der Waals surface area (Å²) in [6.07, 6.45) is 2.78. The fourth-order valence-electron chi connectivity index (χ4n) is 1.31. The zero-order valence-corrected chi connectivity index (χ0v) is 10.3. The number of rotatable bonds is 4. The van der Waals surface area contributed by atoms with E-state index < -0.39 is 0 Å². The summed E-state index contributed by atoms with van der Waals surface area (Å²) in [6, 6.07) is 3.72. The van der Waals surface area contributed by atoms with Gasteiger partial charge in [-0.25, -0.2) is 0 Å². The lowest BCUT2D eigenvalue weighted by Crippen LogP contribution is -1.99. The van der Waals surface area contributed by atoms with E-state index in [9.17, 15) is 4.79 Å². The van der Waals surface area contributed by atoms with Gasteiger partial charge >= 0.3 is 0 Å². The van der Waals surface area contributed by atoms with Gasteiger partial charge < -0.3 is 4.42 Å². The van der Waals surface area contributed by atoms with E-state index in [2.05, 4.69) is 15.9 Å². The highest BCUT2D eigenvalue weighted by atomic mass is 79.9. The molecule has 78 valence electrons. The van der Waals surface area contributed by atoms with Crippen LogP contribution in [0.1, 0.15) is 22.5 Å². The molecule has 0 atom stereocenters. The summed E-state index contributed by atoms with van der Waals surface area (Å²) in [7, 11) is 0. The number of Topliss-reactive ketones (excluding diaryl/α,β-unsaturated/α-hetero) is 1. The molecule has 0 aliphatic rings. The van der Waals surface area contributed by atoms with E-state index in [0.717, 1.165) is 15.8 Å². The first kappa shape index (κ1) is 10.6. The number of hydrogen-bond donors (Lipinski definition) is 0. The molecule has 0 amide bonds. The first-order chi connectivity index (χ1) is 7.27. The highest BCUT2D eigenvalue weighted by Gasteiger charge is 2.11. The van der Waals surface area contributed by atoms with Gasteiger partial charge in [0, 0.05) is 33.6 Å². The minimum absolute atomic E-state index is 0.152. The molecule has 0 aromatic carbocycles. The predicted octanol–water partition coefficient (Wildman–Crippen LogP) is 3.92. The van der Waals surface area contributed by atoms with Crippen LogP contribution in [0.2, 0.25) is 0 Å². The van der Waals surface area contributed by atoms with Gasteiger partial charge in [-0.2, -0.15) is 11.3 Å². The zero-order valence-electron chi connectivity index (χ0n) is 7.90. The van der Waals surface area contributed by atoms with Gasteiger partial charge in [-0.3, -0.25) is 4.79 Å². The summed E-state index contributed by atoms with van der Waals surface area (Å²) in [5.41, 5.74) is 0.770. The van der Waals surface area contributed by atoms with Gasteiger partial charge in [0.1, 0.15) is 5.76 Å². The van der Waals surface area contributed by atoms with Crippen molar-refractivity contribution in [1.82, 2.24) is 0 Å². The highest BCUT2D eigenvalue weighted by molar-refractivity contribution is 9.10. The monoisotopic (exact) mass is 284 g/mol. The number of furan rings is 1. The number of carbonyl (C=O) groups is 1. The number of carbonyl (C=O) groups excluding carboxylic acids is 1. The maximum Gasteiger partial charge on any atom is 0.165 e. The largest absolute Gasteiger partial charge is 0.469 e. The summed E-state index contributed by atoms with van der Waals surface area (Å²) in [4.78, 5) is 11.8. The minimum Gasteiger partial charge on any atom is -0.469 e. The number of aryl methyl sites for hydroxylation is 1. The Kier molecular flexibility index (Phi) is 3.38. The molecule has 0 radical (unpaired) electrons. The molecule has 0 spiro atoms. The molecular formula is C11H9BrO2S. The van der Waals surface area contributed by atoms with Gasteiger partial charge in [-0.05, 0) is 28.1 Å². The molecule has 2 heterocycles. The normalized spacial score (nSPS) is 10.5. The number of ketones is 1. The van der Waals surface area contributed by atoms with Crippen LogP contribution in [-0.2, 0) is 6.42 Å². The molecule has 0 N–H and O–H groups in total. The van der Waals surface area contributed by atoms with E-state index in [4.69, 9.17) is 4.42 Å². The fourth-order valence-corrected chi connectivity index (χ4v) is 2.83. The second-order valence-corrected chi connectivity index (χ2v) is 4.73. The third-order valence-corrected chi connectivity index (χ3v) is 3.80. The van der Waals surface area contributed by atoms with Crippen molar-refractivity contribution in [1.29, 1.82) is 0 Å². The lowest BCUT2D eigenvalue weighted by Gasteiger charge is -1.97. The van der Waals surface area contributed by atoms with Crippen molar-refractivity contribution in [2.24, 2.45) is 0 Å². The van der Waals surface area contributed by atoms with Crippen molar-refractivity contribution >= 4 is 33.0 Å². The van der Waals surface area contributed by atoms with Crippen molar-refractivity contribution in [3.63, 3.8) is 0 Å². The average Bonchev–Trinajstić information content (AvgIpc) is 2.84. The van der Waals surface area contributed by atoms with Crippen LogP contribution in [0, 0.1) is 0 Å². The van der Waals surface area contributed by atoms with Crippen LogP contribution in [0.4, 0.5) is 0 Å². The number of thiophene rings is 1. The Morgan fingerprint density at radius 3 is 2.93 bits per heavy atom. The zero-order chi connectivity index (χ0) is 10.7. The average molecular weight is 285 g/mol. The van der Waals surface area contributed by atoms with Gasteiger partial charge in [0.05, 0.1) is 6.26 Å². The van der Waals surface area contributed by atoms with Crippen molar-refractivity contribution < 1.29 is 9.21 Å². The molecule has 15 heavy (non-hydrogen) atoms. The molecule has 0 fully saturated rings. The molecule has 0 aliphatic heterocycles. The van der Waals surface area contributed by atoms with Crippen LogP contribution in [0.25, 0.3) is 0 Å². The second-order valence-electron chi connectivity index (χ2n) is 3.14. The third-order valence-electron chi connectivity index (χ3n) is 2.09. The predicted molar refractivity (Wildman–Crippen MR) is 63.4 cm³/mol. The minimum atomic E-state index is 0.152. The van der Waals surface area contributed by atoms with E-state index >= 15 is 0 Å². The topological polar surface area (TPSA) is 30.2 Å². The smallest absolute Gasteiger partial charge is 0.165 e. The quantitative estimate of drug-likeness (QED) is 0.797. The summed E-state index contributed by atoms with van der Waals surface area (Å²) >= 11 is 4.88. The standard InChI is InChI=1S/C11H9BrO2S/c12-10-7-15-6-9(10)11(13)4-3-8-2-1-5-14-8/h1-2,5-7H,3-4H2. The van der Waals surface area contributed by atoms with Crippen molar-refractivity contribution in [2.45, 2.75) is 12.8 Å². The Balaban J connectivity index is 1.96. The molecule has 0 saturated heterocycles. The maximum atomic E-state index is 11.8. The second kappa shape index (κ2) is 4.77. The van der Waals surface area contributed by atoms with Crippen LogP contribution in [0.15, 0.2) is 38.0 Å². The van der Waals surface area contributed by atoms with Crippen molar-refractivity contribution in [3.8, 4) is 0 Å². The Morgan fingerprint density at radius 1 is 1.47 bits per heavy atom. The summed E-state index contributed by atoms with van der Waals surface area (Å²) in [5.74, 6) is 1.01. The van der Waals surface area contributed by atoms with Gasteiger partial charge in [-0.1, -0.05) is 0 Å². The molecule has 0 unspecified atom stereocenters. The SMILES string of the molecule is O=C(CCc1ccco1)c1cscc1Br. The van der Waals surface area contributed by atoms with E-state index in [-0.39, 0.29) is 5.78 Å². The molecule has 0 bridgehead atoms. The lowest BCUT2D eigenvalue weighted by atomic mass is 10.1. The Hall–Kier alpha value is -0.870. The molecule has 4 heteroatoms. The summed E-state index contributed by atoms with van der Waals surface area (Å²) in [5, 5.41) is 3.79. The van der Waals surface area contributed by atoms with E-state index in [1.54, 1.807) is 6.26 Å². The third kappa shape index (κ3) is 2.58. The van der Waals surface area contributed by atoms with E-state index in [1.807, 2.05) is 22.9 Å². The highest BCUT2D eigenvalue weighted by Crippen LogP contribution is 2.23. The van der Waals surface area contributed by atoms with Gasteiger partial charge in [-0.15, -0.1) is 0 Å². The molecule has 2 nitrogen and oxygen atoms in total. The molecular weight excluding hydrogens is 276 g/mol. The molecule has 2 rings (SSSR count). The van der Waals surface area contributed by atoms with Crippen LogP contribution in [-0.4, -0.2) is 5.78 Å². The van der Waals surface area contributed by atoms with E-state index in [1.165, 1.54) is 11.3 Å². The van der Waals surface area contributed by atoms with Crippen molar-refractivity contribution in [2.75, 3.05) is 0 Å². The Bertz CT molecular complexity index is 445. The molecule has 0 aliphatic carbocycles. The molecule has 2 aromatic heterocycles. The maximum absolute atomic E-state index is 11.8. The Labute approximate surface area is 100 Å². The summed E-state index contributed by atoms with van der Waals surface area (Å²) in [6.45, 7) is 0. The van der Waals surface area contributed by atoms with Crippen LogP contribution in [0.3, 0.4) is 0 Å². The van der Waals surface area contributed by atoms with E-state index in [0.29, 0.717) is 12.8 Å².